The summed E-state index contributed by atoms with van der Waals surface area (Å²) in [5.41, 5.74) is 1.67. The van der Waals surface area contributed by atoms with E-state index >= 15 is 0 Å². The number of anilines is 1. The van der Waals surface area contributed by atoms with E-state index in [-0.39, 0.29) is 12.1 Å². The van der Waals surface area contributed by atoms with Gasteiger partial charge in [0.15, 0.2) is 0 Å². The molecule has 0 saturated heterocycles. The zero-order valence-corrected chi connectivity index (χ0v) is 12.9. The predicted molar refractivity (Wildman–Crippen MR) is 85.6 cm³/mol. The average molecular weight is 311 g/mol. The van der Waals surface area contributed by atoms with Crippen molar-refractivity contribution in [3.8, 4) is 11.8 Å². The van der Waals surface area contributed by atoms with Gasteiger partial charge in [-0.25, -0.2) is 0 Å². The van der Waals surface area contributed by atoms with Crippen LogP contribution in [0.15, 0.2) is 52.8 Å². The van der Waals surface area contributed by atoms with Crippen molar-refractivity contribution in [2.24, 2.45) is 0 Å². The molecule has 0 unspecified atom stereocenters. The van der Waals surface area contributed by atoms with E-state index in [1.807, 2.05) is 31.2 Å². The van der Waals surface area contributed by atoms with Crippen molar-refractivity contribution >= 4 is 11.6 Å². The highest BCUT2D eigenvalue weighted by atomic mass is 16.5. The molecule has 23 heavy (non-hydrogen) atoms. The number of hydrogen-bond donors (Lipinski definition) is 2. The van der Waals surface area contributed by atoms with Crippen LogP contribution >= 0.6 is 0 Å². The van der Waals surface area contributed by atoms with Gasteiger partial charge in [-0.3, -0.25) is 4.79 Å². The van der Waals surface area contributed by atoms with Crippen molar-refractivity contribution in [1.82, 2.24) is 5.32 Å². The Hall–Kier alpha value is -3.20. The third-order valence-corrected chi connectivity index (χ3v) is 3.10. The van der Waals surface area contributed by atoms with Gasteiger partial charge < -0.3 is 19.8 Å². The van der Waals surface area contributed by atoms with E-state index in [2.05, 4.69) is 10.6 Å². The van der Waals surface area contributed by atoms with Crippen molar-refractivity contribution in [1.29, 1.82) is 5.26 Å². The van der Waals surface area contributed by atoms with E-state index in [0.29, 0.717) is 17.2 Å². The lowest BCUT2D eigenvalue weighted by Crippen LogP contribution is -2.24. The molecule has 1 aromatic carbocycles. The van der Waals surface area contributed by atoms with Crippen molar-refractivity contribution in [3.63, 3.8) is 0 Å². The molecule has 0 aliphatic carbocycles. The van der Waals surface area contributed by atoms with E-state index in [1.165, 1.54) is 12.5 Å². The number of methoxy groups -OCH3 is 1. The molecule has 2 N–H and O–H groups in total. The highest BCUT2D eigenvalue weighted by Gasteiger charge is 2.10. The fourth-order valence-electron chi connectivity index (χ4n) is 1.91. The number of rotatable bonds is 6. The maximum absolute atomic E-state index is 12.0. The molecule has 0 spiro atoms. The van der Waals surface area contributed by atoms with Gasteiger partial charge in [0, 0.05) is 6.20 Å². The van der Waals surface area contributed by atoms with Gasteiger partial charge in [-0.05, 0) is 36.8 Å². The number of nitriles is 1. The highest BCUT2D eigenvalue weighted by molar-refractivity contribution is 5.97. The van der Waals surface area contributed by atoms with Gasteiger partial charge in [0.25, 0.3) is 5.91 Å². The Morgan fingerprint density at radius 1 is 1.43 bits per heavy atom. The summed E-state index contributed by atoms with van der Waals surface area (Å²) in [5, 5.41) is 14.7. The van der Waals surface area contributed by atoms with Gasteiger partial charge in [0.05, 0.1) is 25.6 Å². The van der Waals surface area contributed by atoms with Gasteiger partial charge in [-0.2, -0.15) is 5.26 Å². The molecule has 1 heterocycles. The number of benzene rings is 1. The summed E-state index contributed by atoms with van der Waals surface area (Å²) in [6.07, 6.45) is 2.88. The van der Waals surface area contributed by atoms with Crippen LogP contribution in [0.25, 0.3) is 0 Å². The maximum atomic E-state index is 12.0. The Labute approximate surface area is 134 Å². The average Bonchev–Trinajstić information content (AvgIpc) is 3.07. The van der Waals surface area contributed by atoms with E-state index in [1.54, 1.807) is 19.2 Å². The van der Waals surface area contributed by atoms with Gasteiger partial charge in [0.1, 0.15) is 23.2 Å². The number of carbonyl (C=O) groups is 1. The predicted octanol–water partition coefficient (Wildman–Crippen LogP) is 2.73. The summed E-state index contributed by atoms with van der Waals surface area (Å²) in [7, 11) is 1.56. The zero-order valence-electron chi connectivity index (χ0n) is 12.9. The van der Waals surface area contributed by atoms with Crippen LogP contribution in [-0.2, 0) is 11.3 Å². The van der Waals surface area contributed by atoms with Crippen molar-refractivity contribution in [2.75, 3.05) is 12.4 Å². The molecule has 118 valence electrons. The Morgan fingerprint density at radius 2 is 2.26 bits per heavy atom. The number of furan rings is 1. The number of nitrogens with zero attached hydrogens (tertiary/aromatic N) is 1. The molecule has 6 nitrogen and oxygen atoms in total. The standard InChI is InChI=1S/C17H17N3O3/c1-12-5-6-16(22-2)15(8-12)19-10-13(9-18)17(21)20-11-14-4-3-7-23-14/h3-8,10,19H,11H2,1-2H3,(H,20,21)/b13-10-. The largest absolute Gasteiger partial charge is 0.495 e. The first-order chi connectivity index (χ1) is 11.1. The Morgan fingerprint density at radius 3 is 2.91 bits per heavy atom. The molecule has 0 radical (unpaired) electrons. The van der Waals surface area contributed by atoms with Crippen molar-refractivity contribution < 1.29 is 13.9 Å². The number of nitrogens with one attached hydrogen (secondary N) is 2. The molecular formula is C17H17N3O3. The molecule has 2 rings (SSSR count). The molecule has 0 fully saturated rings. The molecule has 2 aromatic rings. The minimum Gasteiger partial charge on any atom is -0.495 e. The lowest BCUT2D eigenvalue weighted by Gasteiger charge is -2.09. The van der Waals surface area contributed by atoms with Crippen molar-refractivity contribution in [2.45, 2.75) is 13.5 Å². The quantitative estimate of drug-likeness (QED) is 0.632. The van der Waals surface area contributed by atoms with Crippen LogP contribution in [0.4, 0.5) is 5.69 Å². The number of aryl methyl sites for hydroxylation is 1. The first kappa shape index (κ1) is 16.2. The van der Waals surface area contributed by atoms with Crippen LogP contribution in [-0.4, -0.2) is 13.0 Å². The lowest BCUT2D eigenvalue weighted by molar-refractivity contribution is -0.117. The monoisotopic (exact) mass is 311 g/mol. The molecular weight excluding hydrogens is 294 g/mol. The highest BCUT2D eigenvalue weighted by Crippen LogP contribution is 2.25. The summed E-state index contributed by atoms with van der Waals surface area (Å²) in [4.78, 5) is 12.0. The van der Waals surface area contributed by atoms with Crippen LogP contribution in [0.3, 0.4) is 0 Å². The molecule has 0 aliphatic rings. The Bertz CT molecular complexity index is 743. The summed E-state index contributed by atoms with van der Waals surface area (Å²) in [6, 6.07) is 10.9. The smallest absolute Gasteiger partial charge is 0.263 e. The van der Waals surface area contributed by atoms with Crippen LogP contribution < -0.4 is 15.4 Å². The molecule has 0 atom stereocenters. The minimum atomic E-state index is -0.483. The van der Waals surface area contributed by atoms with E-state index in [0.717, 1.165) is 5.56 Å². The summed E-state index contributed by atoms with van der Waals surface area (Å²) in [5.74, 6) is 0.757. The maximum Gasteiger partial charge on any atom is 0.263 e. The van der Waals surface area contributed by atoms with E-state index in [4.69, 9.17) is 14.4 Å². The third kappa shape index (κ3) is 4.38. The fraction of sp³-hybridized carbons (Fsp3) is 0.176. The normalized spacial score (nSPS) is 10.7. The Kier molecular flexibility index (Phi) is 5.42. The molecule has 1 aromatic heterocycles. The second-order valence-corrected chi connectivity index (χ2v) is 4.78. The van der Waals surface area contributed by atoms with Gasteiger partial charge in [-0.1, -0.05) is 6.07 Å². The molecule has 1 amide bonds. The van der Waals surface area contributed by atoms with Crippen LogP contribution in [0.5, 0.6) is 5.75 Å². The molecule has 0 saturated carbocycles. The number of hydrogen-bond acceptors (Lipinski definition) is 5. The van der Waals surface area contributed by atoms with Crippen LogP contribution in [0.1, 0.15) is 11.3 Å². The number of amides is 1. The third-order valence-electron chi connectivity index (χ3n) is 3.10. The lowest BCUT2D eigenvalue weighted by atomic mass is 10.2. The Balaban J connectivity index is 2.05. The van der Waals surface area contributed by atoms with E-state index < -0.39 is 5.91 Å². The SMILES string of the molecule is COc1ccc(C)cc1N/C=C(/C#N)C(=O)NCc1ccco1. The first-order valence-electron chi connectivity index (χ1n) is 6.96. The summed E-state index contributed by atoms with van der Waals surface area (Å²) < 4.78 is 10.4. The van der Waals surface area contributed by atoms with Gasteiger partial charge in [-0.15, -0.1) is 0 Å². The van der Waals surface area contributed by atoms with Crippen molar-refractivity contribution in [3.05, 3.63) is 59.7 Å². The van der Waals surface area contributed by atoms with Crippen LogP contribution in [0, 0.1) is 18.3 Å². The minimum absolute atomic E-state index is 0.0416. The first-order valence-corrected chi connectivity index (χ1v) is 6.96. The molecule has 0 bridgehead atoms. The van der Waals surface area contributed by atoms with Gasteiger partial charge in [0.2, 0.25) is 0 Å². The zero-order chi connectivity index (χ0) is 16.7. The van der Waals surface area contributed by atoms with Gasteiger partial charge >= 0.3 is 0 Å². The fourth-order valence-corrected chi connectivity index (χ4v) is 1.91. The second kappa shape index (κ2) is 7.71. The van der Waals surface area contributed by atoms with E-state index in [9.17, 15) is 4.79 Å². The summed E-state index contributed by atoms with van der Waals surface area (Å²) >= 11 is 0. The summed E-state index contributed by atoms with van der Waals surface area (Å²) in [6.45, 7) is 2.16. The molecule has 6 heteroatoms. The topological polar surface area (TPSA) is 87.3 Å². The molecule has 0 aliphatic heterocycles. The number of carbonyl (C=O) groups excluding carboxylic acids is 1. The number of ether oxygens (including phenoxy) is 1. The van der Waals surface area contributed by atoms with Crippen LogP contribution in [0.2, 0.25) is 0 Å². The second-order valence-electron chi connectivity index (χ2n) is 4.78.